The Morgan fingerprint density at radius 3 is 2.88 bits per heavy atom. The number of hydrogen-bond acceptors (Lipinski definition) is 4. The van der Waals surface area contributed by atoms with Crippen LogP contribution >= 0.6 is 23.1 Å². The van der Waals surface area contributed by atoms with Gasteiger partial charge >= 0.3 is 0 Å². The molecule has 0 spiro atoms. The van der Waals surface area contributed by atoms with Crippen LogP contribution < -0.4 is 5.32 Å². The molecule has 1 atom stereocenters. The van der Waals surface area contributed by atoms with Crippen molar-refractivity contribution >= 4 is 29.0 Å². The quantitative estimate of drug-likeness (QED) is 0.779. The van der Waals surface area contributed by atoms with Gasteiger partial charge in [0.25, 0.3) is 5.91 Å². The highest BCUT2D eigenvalue weighted by Crippen LogP contribution is 2.12. The van der Waals surface area contributed by atoms with E-state index >= 15 is 0 Å². The molecule has 1 unspecified atom stereocenters. The Bertz CT molecular complexity index is 356. The van der Waals surface area contributed by atoms with Crippen molar-refractivity contribution in [2.45, 2.75) is 44.9 Å². The summed E-state index contributed by atoms with van der Waals surface area (Å²) in [6, 6.07) is 0. The van der Waals surface area contributed by atoms with E-state index in [1.807, 2.05) is 0 Å². The Labute approximate surface area is 111 Å². The summed E-state index contributed by atoms with van der Waals surface area (Å²) in [5, 5.41) is 6.79. The van der Waals surface area contributed by atoms with E-state index in [4.69, 9.17) is 11.6 Å². The van der Waals surface area contributed by atoms with Gasteiger partial charge in [0.1, 0.15) is 4.88 Å². The number of rotatable bonds is 7. The molecule has 1 amide bonds. The molecule has 0 radical (unpaired) electrons. The van der Waals surface area contributed by atoms with Gasteiger partial charge in [-0.25, -0.2) is 0 Å². The maximum Gasteiger partial charge on any atom is 0.265 e. The summed E-state index contributed by atoms with van der Waals surface area (Å²) in [6.07, 6.45) is 3.68. The summed E-state index contributed by atoms with van der Waals surface area (Å²) in [7, 11) is 0. The van der Waals surface area contributed by atoms with E-state index < -0.39 is 0 Å². The molecule has 1 aromatic rings. The monoisotopic (exact) mass is 275 g/mol. The molecule has 0 bridgehead atoms. The summed E-state index contributed by atoms with van der Waals surface area (Å²) in [4.78, 5) is 12.5. The molecule has 0 saturated carbocycles. The fourth-order valence-electron chi connectivity index (χ4n) is 1.48. The smallest absolute Gasteiger partial charge is 0.265 e. The molecule has 17 heavy (non-hydrogen) atoms. The van der Waals surface area contributed by atoms with E-state index in [-0.39, 0.29) is 11.3 Å². The van der Waals surface area contributed by atoms with E-state index in [2.05, 4.69) is 28.8 Å². The standard InChI is InChI=1S/C11H18ClN3OS/c1-3-5-8(12)7-13-11(16)10-9(6-4-2)14-15-17-10/h8H,3-7H2,1-2H3,(H,13,16). The van der Waals surface area contributed by atoms with Crippen LogP contribution in [0.3, 0.4) is 0 Å². The zero-order valence-corrected chi connectivity index (χ0v) is 11.8. The molecular weight excluding hydrogens is 258 g/mol. The Hall–Kier alpha value is -0.680. The second-order valence-electron chi connectivity index (χ2n) is 3.89. The molecule has 0 aliphatic rings. The minimum Gasteiger partial charge on any atom is -0.350 e. The first-order chi connectivity index (χ1) is 8.19. The largest absolute Gasteiger partial charge is 0.350 e. The molecule has 1 N–H and O–H groups in total. The third-order valence-electron chi connectivity index (χ3n) is 2.33. The van der Waals surface area contributed by atoms with Gasteiger partial charge in [-0.3, -0.25) is 4.79 Å². The molecule has 4 nitrogen and oxygen atoms in total. The first-order valence-corrected chi connectivity index (χ1v) is 7.13. The number of halogens is 1. The van der Waals surface area contributed by atoms with Gasteiger partial charge in [-0.1, -0.05) is 31.2 Å². The van der Waals surface area contributed by atoms with E-state index in [0.717, 1.165) is 42.9 Å². The summed E-state index contributed by atoms with van der Waals surface area (Å²) in [5.74, 6) is -0.106. The first kappa shape index (κ1) is 14.4. The topological polar surface area (TPSA) is 54.9 Å². The van der Waals surface area contributed by atoms with Crippen molar-refractivity contribution in [1.29, 1.82) is 0 Å². The number of nitrogens with zero attached hydrogens (tertiary/aromatic N) is 2. The third kappa shape index (κ3) is 4.60. The molecule has 0 aromatic carbocycles. The van der Waals surface area contributed by atoms with Crippen LogP contribution in [0.2, 0.25) is 0 Å². The average molecular weight is 276 g/mol. The van der Waals surface area contributed by atoms with Crippen LogP contribution in [-0.4, -0.2) is 27.4 Å². The van der Waals surface area contributed by atoms with Gasteiger partial charge in [0.15, 0.2) is 0 Å². The lowest BCUT2D eigenvalue weighted by Gasteiger charge is -2.09. The number of alkyl halides is 1. The minimum absolute atomic E-state index is 0.000504. The second kappa shape index (κ2) is 7.61. The summed E-state index contributed by atoms with van der Waals surface area (Å²) < 4.78 is 3.82. The van der Waals surface area contributed by atoms with Crippen LogP contribution in [0.5, 0.6) is 0 Å². The number of nitrogens with one attached hydrogen (secondary N) is 1. The van der Waals surface area contributed by atoms with E-state index in [0.29, 0.717) is 11.4 Å². The average Bonchev–Trinajstić information content (AvgIpc) is 2.75. The molecule has 0 aliphatic heterocycles. The van der Waals surface area contributed by atoms with Gasteiger partial charge in [0, 0.05) is 6.54 Å². The number of aromatic nitrogens is 2. The Morgan fingerprint density at radius 1 is 1.47 bits per heavy atom. The molecule has 0 fully saturated rings. The van der Waals surface area contributed by atoms with Gasteiger partial charge in [-0.15, -0.1) is 16.7 Å². The third-order valence-corrected chi connectivity index (χ3v) is 3.47. The number of carbonyl (C=O) groups is 1. The lowest BCUT2D eigenvalue weighted by molar-refractivity contribution is 0.0956. The number of hydrogen-bond donors (Lipinski definition) is 1. The fraction of sp³-hybridized carbons (Fsp3) is 0.727. The molecule has 96 valence electrons. The Kier molecular flexibility index (Phi) is 6.44. The maximum absolute atomic E-state index is 11.9. The molecule has 6 heteroatoms. The Balaban J connectivity index is 2.49. The lowest BCUT2D eigenvalue weighted by atomic mass is 10.2. The normalized spacial score (nSPS) is 12.4. The molecule has 0 saturated heterocycles. The number of amides is 1. The highest BCUT2D eigenvalue weighted by atomic mass is 35.5. The van der Waals surface area contributed by atoms with Crippen molar-refractivity contribution in [3.63, 3.8) is 0 Å². The first-order valence-electron chi connectivity index (χ1n) is 5.92. The zero-order chi connectivity index (χ0) is 12.7. The SMILES string of the molecule is CCCc1nnsc1C(=O)NCC(Cl)CCC. The van der Waals surface area contributed by atoms with Crippen LogP contribution in [0.25, 0.3) is 0 Å². The Morgan fingerprint density at radius 2 is 2.24 bits per heavy atom. The van der Waals surface area contributed by atoms with Crippen molar-refractivity contribution in [2.24, 2.45) is 0 Å². The molecule has 1 rings (SSSR count). The van der Waals surface area contributed by atoms with Crippen molar-refractivity contribution in [1.82, 2.24) is 14.9 Å². The van der Waals surface area contributed by atoms with Crippen molar-refractivity contribution in [3.05, 3.63) is 10.6 Å². The number of aryl methyl sites for hydroxylation is 1. The second-order valence-corrected chi connectivity index (χ2v) is 5.27. The van der Waals surface area contributed by atoms with Crippen LogP contribution in [0.1, 0.15) is 48.5 Å². The minimum atomic E-state index is -0.106. The molecule has 1 aromatic heterocycles. The predicted molar refractivity (Wildman–Crippen MR) is 70.8 cm³/mol. The van der Waals surface area contributed by atoms with Crippen molar-refractivity contribution in [2.75, 3.05) is 6.54 Å². The molecule has 1 heterocycles. The van der Waals surface area contributed by atoms with Crippen LogP contribution in [0.4, 0.5) is 0 Å². The fourth-order valence-corrected chi connectivity index (χ4v) is 2.40. The van der Waals surface area contributed by atoms with E-state index in [1.165, 1.54) is 0 Å². The van der Waals surface area contributed by atoms with Gasteiger partial charge in [0.2, 0.25) is 0 Å². The van der Waals surface area contributed by atoms with Crippen molar-refractivity contribution < 1.29 is 4.79 Å². The van der Waals surface area contributed by atoms with Crippen LogP contribution in [0, 0.1) is 0 Å². The van der Waals surface area contributed by atoms with Crippen LogP contribution in [0.15, 0.2) is 0 Å². The van der Waals surface area contributed by atoms with Gasteiger partial charge < -0.3 is 5.32 Å². The molecular formula is C11H18ClN3OS. The summed E-state index contributed by atoms with van der Waals surface area (Å²) >= 11 is 7.19. The zero-order valence-electron chi connectivity index (χ0n) is 10.2. The maximum atomic E-state index is 11.9. The number of carbonyl (C=O) groups excluding carboxylic acids is 1. The van der Waals surface area contributed by atoms with Crippen LogP contribution in [-0.2, 0) is 6.42 Å². The molecule has 0 aliphatic carbocycles. The van der Waals surface area contributed by atoms with Crippen molar-refractivity contribution in [3.8, 4) is 0 Å². The summed E-state index contributed by atoms with van der Waals surface area (Å²) in [5.41, 5.74) is 0.789. The van der Waals surface area contributed by atoms with Gasteiger partial charge in [-0.05, 0) is 24.4 Å². The highest BCUT2D eigenvalue weighted by molar-refractivity contribution is 7.08. The van der Waals surface area contributed by atoms with E-state index in [9.17, 15) is 4.79 Å². The summed E-state index contributed by atoms with van der Waals surface area (Å²) in [6.45, 7) is 4.62. The van der Waals surface area contributed by atoms with Gasteiger partial charge in [0.05, 0.1) is 11.1 Å². The predicted octanol–water partition coefficient (Wildman–Crippen LogP) is 2.63. The lowest BCUT2D eigenvalue weighted by Crippen LogP contribution is -2.29. The van der Waals surface area contributed by atoms with E-state index in [1.54, 1.807) is 0 Å². The highest BCUT2D eigenvalue weighted by Gasteiger charge is 2.16. The van der Waals surface area contributed by atoms with Gasteiger partial charge in [-0.2, -0.15) is 0 Å².